The topological polar surface area (TPSA) is 101 Å². The minimum absolute atomic E-state index is 0.0134. The standard InChI is InChI=1S/C38H52O6/c1-22(2)11-14-26-20-37-21-27(15-12-23(3)4)36(9,10)44-33(37)30(31(41)25-13-16-28(39)29(40)19-25)32(42)38(34(37)43,35(26,7)8)18-17-24(5)6/h12-13,16-17,19,22,26-27,39-40H,11,14-15,18,20-21H2,1-10H3/t26-,27+,37+,38+/m1/s1. The number of Topliss-reactive ketones (excluding diaryl/α,β-unsaturated/α-hetero) is 3. The van der Waals surface area contributed by atoms with Crippen LogP contribution in [0.25, 0.3) is 0 Å². The summed E-state index contributed by atoms with van der Waals surface area (Å²) in [6.45, 7) is 20.5. The van der Waals surface area contributed by atoms with Gasteiger partial charge >= 0.3 is 0 Å². The number of rotatable bonds is 9. The molecule has 4 atom stereocenters. The van der Waals surface area contributed by atoms with Crippen LogP contribution >= 0.6 is 0 Å². The third-order valence-electron chi connectivity index (χ3n) is 10.9. The maximum Gasteiger partial charge on any atom is 0.200 e. The highest BCUT2D eigenvalue weighted by molar-refractivity contribution is 6.35. The van der Waals surface area contributed by atoms with Gasteiger partial charge in [0.2, 0.25) is 0 Å². The summed E-state index contributed by atoms with van der Waals surface area (Å²) in [4.78, 5) is 45.0. The van der Waals surface area contributed by atoms with Gasteiger partial charge in [-0.15, -0.1) is 0 Å². The summed E-state index contributed by atoms with van der Waals surface area (Å²) in [6, 6.07) is 3.83. The lowest BCUT2D eigenvalue weighted by molar-refractivity contribution is -0.189. The molecule has 1 aromatic carbocycles. The normalized spacial score (nSPS) is 28.7. The van der Waals surface area contributed by atoms with Gasteiger partial charge in [-0.2, -0.15) is 0 Å². The van der Waals surface area contributed by atoms with Gasteiger partial charge in [-0.25, -0.2) is 0 Å². The van der Waals surface area contributed by atoms with Crippen molar-refractivity contribution in [3.8, 4) is 11.5 Å². The number of fused-ring (bicyclic) bond motifs is 1. The van der Waals surface area contributed by atoms with E-state index >= 15 is 9.59 Å². The lowest BCUT2D eigenvalue weighted by Crippen LogP contribution is -2.69. The molecular weight excluding hydrogens is 552 g/mol. The molecule has 6 heteroatoms. The van der Waals surface area contributed by atoms with Gasteiger partial charge in [0.15, 0.2) is 28.8 Å². The van der Waals surface area contributed by atoms with Crippen LogP contribution in [0, 0.1) is 34.0 Å². The van der Waals surface area contributed by atoms with Gasteiger partial charge in [-0.1, -0.05) is 57.4 Å². The molecule has 44 heavy (non-hydrogen) atoms. The van der Waals surface area contributed by atoms with E-state index in [2.05, 4.69) is 33.8 Å². The van der Waals surface area contributed by atoms with Crippen molar-refractivity contribution < 1.29 is 29.3 Å². The second-order valence-electron chi connectivity index (χ2n) is 15.6. The molecular formula is C38H52O6. The fourth-order valence-electron chi connectivity index (χ4n) is 7.96. The number of carbonyl (C=O) groups is 3. The van der Waals surface area contributed by atoms with Crippen molar-refractivity contribution >= 4 is 17.3 Å². The Kier molecular flexibility index (Phi) is 8.93. The van der Waals surface area contributed by atoms with Crippen molar-refractivity contribution in [1.82, 2.24) is 0 Å². The van der Waals surface area contributed by atoms with E-state index in [1.807, 2.05) is 47.6 Å². The number of benzene rings is 1. The van der Waals surface area contributed by atoms with E-state index in [-0.39, 0.29) is 46.7 Å². The summed E-state index contributed by atoms with van der Waals surface area (Å²) in [5, 5.41) is 20.2. The van der Waals surface area contributed by atoms with Gasteiger partial charge in [0.1, 0.15) is 22.3 Å². The van der Waals surface area contributed by atoms with Gasteiger partial charge < -0.3 is 14.9 Å². The van der Waals surface area contributed by atoms with Crippen LogP contribution in [0.1, 0.15) is 118 Å². The molecule has 0 unspecified atom stereocenters. The zero-order chi connectivity index (χ0) is 33.0. The second kappa shape index (κ2) is 11.7. The van der Waals surface area contributed by atoms with E-state index in [9.17, 15) is 15.0 Å². The van der Waals surface area contributed by atoms with Gasteiger partial charge in [0.25, 0.3) is 0 Å². The van der Waals surface area contributed by atoms with Crippen molar-refractivity contribution in [3.63, 3.8) is 0 Å². The van der Waals surface area contributed by atoms with Gasteiger partial charge in [0.05, 0.1) is 5.41 Å². The fourth-order valence-corrected chi connectivity index (χ4v) is 7.96. The average Bonchev–Trinajstić information content (AvgIpc) is 2.91. The van der Waals surface area contributed by atoms with Crippen molar-refractivity contribution in [2.45, 2.75) is 113 Å². The van der Waals surface area contributed by atoms with Crippen LogP contribution in [0.5, 0.6) is 11.5 Å². The van der Waals surface area contributed by atoms with E-state index in [1.165, 1.54) is 23.8 Å². The van der Waals surface area contributed by atoms with Gasteiger partial charge in [-0.05, 0) is 109 Å². The van der Waals surface area contributed by atoms with Crippen molar-refractivity contribution in [2.24, 2.45) is 34.0 Å². The third kappa shape index (κ3) is 5.37. The van der Waals surface area contributed by atoms with Gasteiger partial charge in [0, 0.05) is 11.5 Å². The number of ether oxygens (including phenoxy) is 1. The Bertz CT molecular complexity index is 1450. The van der Waals surface area contributed by atoms with E-state index in [0.717, 1.165) is 24.8 Å². The lowest BCUT2D eigenvalue weighted by Gasteiger charge is -2.64. The molecule has 240 valence electrons. The van der Waals surface area contributed by atoms with Crippen molar-refractivity contribution in [1.29, 1.82) is 0 Å². The minimum atomic E-state index is -1.45. The molecule has 3 aliphatic rings. The molecule has 2 aliphatic carbocycles. The molecule has 1 saturated heterocycles. The number of hydrogen-bond donors (Lipinski definition) is 2. The minimum Gasteiger partial charge on any atom is -0.504 e. The van der Waals surface area contributed by atoms with Crippen LogP contribution in [0.2, 0.25) is 0 Å². The van der Waals surface area contributed by atoms with E-state index in [0.29, 0.717) is 18.8 Å². The maximum absolute atomic E-state index is 15.3. The van der Waals surface area contributed by atoms with Crippen molar-refractivity contribution in [3.05, 3.63) is 58.4 Å². The Hall–Kier alpha value is -3.15. The zero-order valence-corrected chi connectivity index (χ0v) is 28.4. The highest BCUT2D eigenvalue weighted by Crippen LogP contribution is 2.69. The molecule has 0 amide bonds. The quantitative estimate of drug-likeness (QED) is 0.0962. The Morgan fingerprint density at radius 3 is 2.14 bits per heavy atom. The molecule has 6 nitrogen and oxygen atoms in total. The Morgan fingerprint density at radius 2 is 1.57 bits per heavy atom. The molecule has 4 rings (SSSR count). The first-order valence-corrected chi connectivity index (χ1v) is 16.2. The summed E-state index contributed by atoms with van der Waals surface area (Å²) in [5.74, 6) is -1.28. The summed E-state index contributed by atoms with van der Waals surface area (Å²) < 4.78 is 6.82. The molecule has 2 bridgehead atoms. The lowest BCUT2D eigenvalue weighted by atomic mass is 9.38. The first-order chi connectivity index (χ1) is 20.3. The Morgan fingerprint density at radius 1 is 0.955 bits per heavy atom. The first kappa shape index (κ1) is 33.7. The SMILES string of the molecule is CC(C)=CC[C@H]1C[C@@]23C[C@@H](CCC(C)C)C(C)(C)[C@@](CC=C(C)C)(C(=O)C(C(=O)c4ccc(O)c(O)c4)=C2OC1(C)C)C3=O. The molecule has 1 aliphatic heterocycles. The summed E-state index contributed by atoms with van der Waals surface area (Å²) in [7, 11) is 0. The molecule has 0 aromatic heterocycles. The molecule has 1 aromatic rings. The first-order valence-electron chi connectivity index (χ1n) is 16.2. The highest BCUT2D eigenvalue weighted by atomic mass is 16.5. The molecule has 1 saturated carbocycles. The monoisotopic (exact) mass is 604 g/mol. The van der Waals surface area contributed by atoms with Crippen LogP contribution in [0.3, 0.4) is 0 Å². The second-order valence-corrected chi connectivity index (χ2v) is 15.6. The molecule has 2 N–H and O–H groups in total. The summed E-state index contributed by atoms with van der Waals surface area (Å²) in [5.41, 5.74) is -1.88. The number of allylic oxidation sites excluding steroid dienone is 6. The van der Waals surface area contributed by atoms with E-state index < -0.39 is 39.2 Å². The van der Waals surface area contributed by atoms with Crippen LogP contribution in [-0.2, 0) is 14.3 Å². The maximum atomic E-state index is 15.3. The fraction of sp³-hybridized carbons (Fsp3) is 0.605. The summed E-state index contributed by atoms with van der Waals surface area (Å²) >= 11 is 0. The predicted octanol–water partition coefficient (Wildman–Crippen LogP) is 8.67. The van der Waals surface area contributed by atoms with Crippen molar-refractivity contribution in [2.75, 3.05) is 0 Å². The largest absolute Gasteiger partial charge is 0.504 e. The van der Waals surface area contributed by atoms with E-state index in [1.54, 1.807) is 0 Å². The average molecular weight is 605 g/mol. The Balaban J connectivity index is 2.08. The molecule has 1 spiro atoms. The van der Waals surface area contributed by atoms with Crippen LogP contribution in [-0.4, -0.2) is 33.2 Å². The third-order valence-corrected chi connectivity index (χ3v) is 10.9. The number of phenolic OH excluding ortho intramolecular Hbond substituents is 2. The van der Waals surface area contributed by atoms with Crippen LogP contribution in [0.4, 0.5) is 0 Å². The number of carbonyl (C=O) groups excluding carboxylic acids is 3. The highest BCUT2D eigenvalue weighted by Gasteiger charge is 2.74. The molecule has 2 fully saturated rings. The van der Waals surface area contributed by atoms with Crippen LogP contribution in [0.15, 0.2) is 52.8 Å². The number of phenols is 2. The van der Waals surface area contributed by atoms with Crippen LogP contribution < -0.4 is 0 Å². The predicted molar refractivity (Wildman–Crippen MR) is 173 cm³/mol. The number of ketones is 3. The van der Waals surface area contributed by atoms with E-state index in [4.69, 9.17) is 4.74 Å². The molecule has 0 radical (unpaired) electrons. The summed E-state index contributed by atoms with van der Waals surface area (Å²) in [6.07, 6.45) is 7.95. The zero-order valence-electron chi connectivity index (χ0n) is 28.4. The smallest absolute Gasteiger partial charge is 0.200 e. The number of hydrogen-bond acceptors (Lipinski definition) is 6. The number of aromatic hydroxyl groups is 2. The van der Waals surface area contributed by atoms with Gasteiger partial charge in [-0.3, -0.25) is 14.4 Å². The Labute approximate surface area is 263 Å². The molecule has 1 heterocycles.